The van der Waals surface area contributed by atoms with Crippen LogP contribution >= 0.6 is 0 Å². The highest BCUT2D eigenvalue weighted by Crippen LogP contribution is 2.20. The quantitative estimate of drug-likeness (QED) is 0.824. The zero-order chi connectivity index (χ0) is 15.5. The van der Waals surface area contributed by atoms with Gasteiger partial charge in [-0.25, -0.2) is 9.59 Å². The first kappa shape index (κ1) is 16.8. The number of aliphatic carboxylic acids is 1. The molecule has 6 heteroatoms. The Labute approximate surface area is 120 Å². The van der Waals surface area contributed by atoms with Crippen LogP contribution in [0.5, 0.6) is 0 Å². The normalized spacial score (nSPS) is 23.5. The van der Waals surface area contributed by atoms with Crippen LogP contribution in [-0.4, -0.2) is 52.8 Å². The fraction of sp³-hybridized carbons (Fsp3) is 0.857. The Kier molecular flexibility index (Phi) is 5.39. The Bertz CT molecular complexity index is 368. The number of morpholine rings is 1. The van der Waals surface area contributed by atoms with E-state index in [2.05, 4.69) is 5.32 Å². The predicted octanol–water partition coefficient (Wildman–Crippen LogP) is 1.69. The van der Waals surface area contributed by atoms with Crippen molar-refractivity contribution in [2.45, 2.75) is 58.8 Å². The number of carbonyl (C=O) groups is 2. The fourth-order valence-corrected chi connectivity index (χ4v) is 2.54. The van der Waals surface area contributed by atoms with E-state index in [1.165, 1.54) is 0 Å². The summed E-state index contributed by atoms with van der Waals surface area (Å²) in [5.74, 6) is -0.788. The number of ether oxygens (including phenoxy) is 1. The van der Waals surface area contributed by atoms with Gasteiger partial charge in [0.15, 0.2) is 0 Å². The molecule has 0 spiro atoms. The topological polar surface area (TPSA) is 78.9 Å². The van der Waals surface area contributed by atoms with Gasteiger partial charge in [0, 0.05) is 6.54 Å². The van der Waals surface area contributed by atoms with Crippen molar-refractivity contribution in [3.63, 3.8) is 0 Å². The summed E-state index contributed by atoms with van der Waals surface area (Å²) in [6, 6.07) is -1.18. The maximum Gasteiger partial charge on any atom is 0.326 e. The highest BCUT2D eigenvalue weighted by molar-refractivity contribution is 5.82. The maximum atomic E-state index is 12.2. The van der Waals surface area contributed by atoms with E-state index >= 15 is 0 Å². The first-order valence-corrected chi connectivity index (χ1v) is 7.07. The van der Waals surface area contributed by atoms with Gasteiger partial charge in [-0.1, -0.05) is 13.8 Å². The summed E-state index contributed by atoms with van der Waals surface area (Å²) < 4.78 is 5.73. The molecule has 0 bridgehead atoms. The van der Waals surface area contributed by atoms with Crippen molar-refractivity contribution >= 4 is 12.0 Å². The Morgan fingerprint density at radius 2 is 2.05 bits per heavy atom. The molecule has 1 saturated heterocycles. The van der Waals surface area contributed by atoms with Gasteiger partial charge >= 0.3 is 12.0 Å². The van der Waals surface area contributed by atoms with Crippen LogP contribution in [0.4, 0.5) is 4.79 Å². The highest BCUT2D eigenvalue weighted by Gasteiger charge is 2.35. The van der Waals surface area contributed by atoms with Crippen molar-refractivity contribution in [1.29, 1.82) is 0 Å². The van der Waals surface area contributed by atoms with Crippen LogP contribution in [-0.2, 0) is 9.53 Å². The van der Waals surface area contributed by atoms with Gasteiger partial charge < -0.3 is 20.1 Å². The van der Waals surface area contributed by atoms with Crippen LogP contribution in [0, 0.1) is 5.92 Å². The number of hydrogen-bond acceptors (Lipinski definition) is 3. The van der Waals surface area contributed by atoms with E-state index in [1.54, 1.807) is 4.90 Å². The van der Waals surface area contributed by atoms with E-state index in [-0.39, 0.29) is 18.1 Å². The number of nitrogens with zero attached hydrogens (tertiary/aromatic N) is 1. The molecular weight excluding hydrogens is 260 g/mol. The molecule has 0 saturated carbocycles. The highest BCUT2D eigenvalue weighted by atomic mass is 16.5. The lowest BCUT2D eigenvalue weighted by Gasteiger charge is -2.41. The third-order valence-electron chi connectivity index (χ3n) is 3.16. The molecule has 0 aromatic rings. The third kappa shape index (κ3) is 5.00. The summed E-state index contributed by atoms with van der Waals surface area (Å²) in [5, 5.41) is 11.8. The molecule has 6 nitrogen and oxygen atoms in total. The number of nitrogens with one attached hydrogen (secondary N) is 1. The van der Waals surface area contributed by atoms with E-state index < -0.39 is 17.6 Å². The van der Waals surface area contributed by atoms with Crippen molar-refractivity contribution in [2.24, 2.45) is 5.92 Å². The first-order valence-electron chi connectivity index (χ1n) is 7.07. The predicted molar refractivity (Wildman–Crippen MR) is 75.6 cm³/mol. The van der Waals surface area contributed by atoms with Crippen molar-refractivity contribution in [1.82, 2.24) is 10.2 Å². The molecule has 2 amide bonds. The van der Waals surface area contributed by atoms with Crippen LogP contribution in [0.2, 0.25) is 0 Å². The van der Waals surface area contributed by atoms with Crippen LogP contribution in [0.3, 0.4) is 0 Å². The molecule has 1 rings (SSSR count). The second-order valence-electron chi connectivity index (χ2n) is 6.54. The van der Waals surface area contributed by atoms with Gasteiger partial charge in [-0.2, -0.15) is 0 Å². The maximum absolute atomic E-state index is 12.2. The molecule has 1 heterocycles. The standard InChI is InChI=1S/C14H26N2O4/c1-9(2)6-11(12(17)18)15-13(19)16-7-10(3)20-14(4,5)8-16/h9-11H,6-8H2,1-5H3,(H,15,19)(H,17,18)/t10?,11-/m1/s1. The molecule has 0 aromatic heterocycles. The molecule has 2 atom stereocenters. The summed E-state index contributed by atoms with van der Waals surface area (Å²) in [5.41, 5.74) is -0.411. The van der Waals surface area contributed by atoms with Gasteiger partial charge in [0.1, 0.15) is 6.04 Å². The lowest BCUT2D eigenvalue weighted by atomic mass is 10.0. The van der Waals surface area contributed by atoms with E-state index in [1.807, 2.05) is 34.6 Å². The zero-order valence-corrected chi connectivity index (χ0v) is 13.0. The number of rotatable bonds is 4. The Hall–Kier alpha value is -1.30. The van der Waals surface area contributed by atoms with Gasteiger partial charge in [0.25, 0.3) is 0 Å². The van der Waals surface area contributed by atoms with E-state index in [0.717, 1.165) is 0 Å². The second-order valence-corrected chi connectivity index (χ2v) is 6.54. The average molecular weight is 286 g/mol. The molecule has 2 N–H and O–H groups in total. The minimum atomic E-state index is -0.993. The fourth-order valence-electron chi connectivity index (χ4n) is 2.54. The van der Waals surface area contributed by atoms with Gasteiger partial charge in [-0.05, 0) is 33.1 Å². The summed E-state index contributed by atoms with van der Waals surface area (Å²) in [4.78, 5) is 25.0. The van der Waals surface area contributed by atoms with E-state index in [4.69, 9.17) is 9.84 Å². The minimum Gasteiger partial charge on any atom is -0.480 e. The molecule has 0 aliphatic carbocycles. The number of carboxylic acid groups (broad SMARTS) is 1. The number of amides is 2. The lowest BCUT2D eigenvalue weighted by molar-refractivity contribution is -0.139. The van der Waals surface area contributed by atoms with Crippen LogP contribution < -0.4 is 5.32 Å². The molecule has 20 heavy (non-hydrogen) atoms. The summed E-state index contributed by atoms with van der Waals surface area (Å²) in [7, 11) is 0. The van der Waals surface area contributed by atoms with Gasteiger partial charge in [0.2, 0.25) is 0 Å². The van der Waals surface area contributed by atoms with Crippen LogP contribution in [0.25, 0.3) is 0 Å². The number of carbonyl (C=O) groups excluding carboxylic acids is 1. The van der Waals surface area contributed by atoms with E-state index in [0.29, 0.717) is 19.5 Å². The van der Waals surface area contributed by atoms with Crippen LogP contribution in [0.1, 0.15) is 41.0 Å². The van der Waals surface area contributed by atoms with Crippen molar-refractivity contribution in [3.05, 3.63) is 0 Å². The zero-order valence-electron chi connectivity index (χ0n) is 13.0. The van der Waals surface area contributed by atoms with E-state index in [9.17, 15) is 9.59 Å². The van der Waals surface area contributed by atoms with Gasteiger partial charge in [0.05, 0.1) is 18.2 Å². The van der Waals surface area contributed by atoms with Gasteiger partial charge in [-0.15, -0.1) is 0 Å². The molecule has 116 valence electrons. The smallest absolute Gasteiger partial charge is 0.326 e. The largest absolute Gasteiger partial charge is 0.480 e. The molecule has 1 fully saturated rings. The van der Waals surface area contributed by atoms with Crippen LogP contribution in [0.15, 0.2) is 0 Å². The molecular formula is C14H26N2O4. The SMILES string of the molecule is CC(C)C[C@@H](NC(=O)N1CC(C)OC(C)(C)C1)C(=O)O. The monoisotopic (exact) mass is 286 g/mol. The molecule has 1 aliphatic rings. The van der Waals surface area contributed by atoms with Crippen molar-refractivity contribution in [3.8, 4) is 0 Å². The number of carboxylic acids is 1. The first-order chi connectivity index (χ1) is 9.10. The summed E-state index contributed by atoms with van der Waals surface area (Å²) in [6.45, 7) is 10.5. The Balaban J connectivity index is 2.66. The number of urea groups is 1. The lowest BCUT2D eigenvalue weighted by Crippen LogP contribution is -2.58. The van der Waals surface area contributed by atoms with Gasteiger partial charge in [-0.3, -0.25) is 0 Å². The summed E-state index contributed by atoms with van der Waals surface area (Å²) >= 11 is 0. The Morgan fingerprint density at radius 3 is 2.50 bits per heavy atom. The molecule has 0 aromatic carbocycles. The van der Waals surface area contributed by atoms with Crippen molar-refractivity contribution < 1.29 is 19.4 Å². The molecule has 0 radical (unpaired) electrons. The second kappa shape index (κ2) is 6.43. The Morgan fingerprint density at radius 1 is 1.45 bits per heavy atom. The summed E-state index contributed by atoms with van der Waals surface area (Å²) in [6.07, 6.45) is 0.363. The molecule has 1 aliphatic heterocycles. The molecule has 1 unspecified atom stereocenters. The third-order valence-corrected chi connectivity index (χ3v) is 3.16. The average Bonchev–Trinajstić information content (AvgIpc) is 2.24. The van der Waals surface area contributed by atoms with Crippen molar-refractivity contribution in [2.75, 3.05) is 13.1 Å². The minimum absolute atomic E-state index is 0.0575. The number of hydrogen-bond donors (Lipinski definition) is 2.